The SMILES string of the molecule is CCc1ccc(-n2cc(-c3ccc4[nH]cc(NC(=O)/C=C/COC)c4c3)cn2)cc1. The van der Waals surface area contributed by atoms with E-state index in [-0.39, 0.29) is 5.91 Å². The van der Waals surface area contributed by atoms with Crippen LogP contribution in [0.4, 0.5) is 5.69 Å². The number of H-pyrrole nitrogens is 1. The molecule has 0 aliphatic rings. The van der Waals surface area contributed by atoms with Crippen LogP contribution in [-0.2, 0) is 16.0 Å². The number of carbonyl (C=O) groups excluding carboxylic acids is 1. The van der Waals surface area contributed by atoms with Gasteiger partial charge >= 0.3 is 0 Å². The first kappa shape index (κ1) is 19.7. The van der Waals surface area contributed by atoms with E-state index in [1.807, 2.05) is 29.2 Å². The van der Waals surface area contributed by atoms with Crippen molar-refractivity contribution >= 4 is 22.5 Å². The molecule has 0 aliphatic carbocycles. The minimum Gasteiger partial charge on any atom is -0.381 e. The Kier molecular flexibility index (Phi) is 5.77. The molecule has 2 heterocycles. The molecular formula is C24H24N4O2. The highest BCUT2D eigenvalue weighted by atomic mass is 16.5. The predicted molar refractivity (Wildman–Crippen MR) is 120 cm³/mol. The van der Waals surface area contributed by atoms with Gasteiger partial charge < -0.3 is 15.0 Å². The molecule has 30 heavy (non-hydrogen) atoms. The number of ether oxygens (including phenoxy) is 1. The van der Waals surface area contributed by atoms with E-state index in [1.54, 1.807) is 19.4 Å². The zero-order valence-electron chi connectivity index (χ0n) is 17.1. The number of nitrogens with one attached hydrogen (secondary N) is 2. The monoisotopic (exact) mass is 400 g/mol. The van der Waals surface area contributed by atoms with E-state index in [9.17, 15) is 4.79 Å². The number of carbonyl (C=O) groups is 1. The summed E-state index contributed by atoms with van der Waals surface area (Å²) in [6, 6.07) is 14.5. The Bertz CT molecular complexity index is 1190. The molecule has 2 aromatic heterocycles. The first-order valence-corrected chi connectivity index (χ1v) is 9.90. The van der Waals surface area contributed by atoms with Crippen molar-refractivity contribution in [3.8, 4) is 16.8 Å². The smallest absolute Gasteiger partial charge is 0.248 e. The van der Waals surface area contributed by atoms with Gasteiger partial charge in [0.25, 0.3) is 0 Å². The summed E-state index contributed by atoms with van der Waals surface area (Å²) in [4.78, 5) is 15.3. The van der Waals surface area contributed by atoms with E-state index in [2.05, 4.69) is 52.7 Å². The lowest BCUT2D eigenvalue weighted by Gasteiger charge is -2.03. The number of aromatic amines is 1. The summed E-state index contributed by atoms with van der Waals surface area (Å²) in [5, 5.41) is 8.37. The highest BCUT2D eigenvalue weighted by Crippen LogP contribution is 2.29. The van der Waals surface area contributed by atoms with Crippen LogP contribution < -0.4 is 5.32 Å². The number of benzene rings is 2. The first-order chi connectivity index (χ1) is 14.7. The van der Waals surface area contributed by atoms with Crippen molar-refractivity contribution in [1.82, 2.24) is 14.8 Å². The van der Waals surface area contributed by atoms with Crippen LogP contribution in [0, 0.1) is 0 Å². The summed E-state index contributed by atoms with van der Waals surface area (Å²) >= 11 is 0. The summed E-state index contributed by atoms with van der Waals surface area (Å²) in [7, 11) is 1.59. The fourth-order valence-electron chi connectivity index (χ4n) is 3.33. The lowest BCUT2D eigenvalue weighted by Crippen LogP contribution is -2.07. The number of aryl methyl sites for hydroxylation is 1. The van der Waals surface area contributed by atoms with Crippen LogP contribution in [0.15, 0.2) is 73.2 Å². The van der Waals surface area contributed by atoms with E-state index in [4.69, 9.17) is 4.74 Å². The molecule has 0 spiro atoms. The number of anilines is 1. The molecule has 0 saturated carbocycles. The minimum atomic E-state index is -0.193. The third kappa shape index (κ3) is 4.18. The van der Waals surface area contributed by atoms with Gasteiger partial charge in [-0.25, -0.2) is 4.68 Å². The summed E-state index contributed by atoms with van der Waals surface area (Å²) < 4.78 is 6.80. The number of amides is 1. The second-order valence-corrected chi connectivity index (χ2v) is 7.00. The van der Waals surface area contributed by atoms with Crippen molar-refractivity contribution in [2.45, 2.75) is 13.3 Å². The number of methoxy groups -OCH3 is 1. The highest BCUT2D eigenvalue weighted by Gasteiger charge is 2.09. The second-order valence-electron chi connectivity index (χ2n) is 7.00. The molecule has 6 nitrogen and oxygen atoms in total. The van der Waals surface area contributed by atoms with Gasteiger partial charge in [-0.05, 0) is 41.8 Å². The van der Waals surface area contributed by atoms with Gasteiger partial charge in [-0.2, -0.15) is 5.10 Å². The van der Waals surface area contributed by atoms with Gasteiger partial charge in [-0.15, -0.1) is 0 Å². The Hall–Kier alpha value is -3.64. The molecule has 4 aromatic rings. The third-order valence-corrected chi connectivity index (χ3v) is 5.00. The topological polar surface area (TPSA) is 71.9 Å². The lowest BCUT2D eigenvalue weighted by molar-refractivity contribution is -0.111. The van der Waals surface area contributed by atoms with E-state index >= 15 is 0 Å². The highest BCUT2D eigenvalue weighted by molar-refractivity contribution is 6.06. The molecule has 0 fully saturated rings. The van der Waals surface area contributed by atoms with Gasteiger partial charge in [-0.3, -0.25) is 4.79 Å². The second kappa shape index (κ2) is 8.80. The Morgan fingerprint density at radius 2 is 2.03 bits per heavy atom. The Morgan fingerprint density at radius 3 is 2.80 bits per heavy atom. The van der Waals surface area contributed by atoms with Crippen molar-refractivity contribution in [3.05, 3.63) is 78.8 Å². The molecule has 0 atom stereocenters. The molecule has 1 amide bonds. The first-order valence-electron chi connectivity index (χ1n) is 9.90. The zero-order valence-corrected chi connectivity index (χ0v) is 17.1. The standard InChI is InChI=1S/C24H24N4O2/c1-3-17-6-9-20(10-7-17)28-16-19(14-26-28)18-8-11-22-21(13-18)23(15-25-22)27-24(29)5-4-12-30-2/h4-11,13-16,25H,3,12H2,1-2H3,(H,27,29)/b5-4+. The van der Waals surface area contributed by atoms with Gasteiger partial charge in [0.15, 0.2) is 0 Å². The Morgan fingerprint density at radius 1 is 1.20 bits per heavy atom. The fourth-order valence-corrected chi connectivity index (χ4v) is 3.33. The van der Waals surface area contributed by atoms with Gasteiger partial charge in [0, 0.05) is 42.0 Å². The average Bonchev–Trinajstić information content (AvgIpc) is 3.41. The van der Waals surface area contributed by atoms with Crippen molar-refractivity contribution in [1.29, 1.82) is 0 Å². The number of hydrogen-bond donors (Lipinski definition) is 2. The minimum absolute atomic E-state index is 0.193. The van der Waals surface area contributed by atoms with Crippen molar-refractivity contribution in [3.63, 3.8) is 0 Å². The van der Waals surface area contributed by atoms with Gasteiger partial charge in [0.2, 0.25) is 5.91 Å². The third-order valence-electron chi connectivity index (χ3n) is 5.00. The van der Waals surface area contributed by atoms with Crippen LogP contribution in [0.1, 0.15) is 12.5 Å². The molecule has 2 N–H and O–H groups in total. The van der Waals surface area contributed by atoms with Crippen LogP contribution in [0.5, 0.6) is 0 Å². The van der Waals surface area contributed by atoms with E-state index < -0.39 is 0 Å². The molecule has 2 aromatic carbocycles. The summed E-state index contributed by atoms with van der Waals surface area (Å²) in [5.74, 6) is -0.193. The molecule has 0 bridgehead atoms. The molecule has 0 unspecified atom stereocenters. The summed E-state index contributed by atoms with van der Waals surface area (Å²) in [6.07, 6.45) is 9.84. The van der Waals surface area contributed by atoms with E-state index in [0.717, 1.165) is 39.8 Å². The fraction of sp³-hybridized carbons (Fsp3) is 0.167. The molecule has 0 saturated heterocycles. The van der Waals surface area contributed by atoms with E-state index in [1.165, 1.54) is 11.6 Å². The maximum absolute atomic E-state index is 12.1. The molecule has 4 rings (SSSR count). The van der Waals surface area contributed by atoms with Gasteiger partial charge in [-0.1, -0.05) is 31.2 Å². The average molecular weight is 400 g/mol. The predicted octanol–water partition coefficient (Wildman–Crippen LogP) is 4.72. The molecule has 152 valence electrons. The van der Waals surface area contributed by atoms with Crippen LogP contribution in [0.2, 0.25) is 0 Å². The van der Waals surface area contributed by atoms with E-state index in [0.29, 0.717) is 6.61 Å². The van der Waals surface area contributed by atoms with Crippen molar-refractivity contribution in [2.75, 3.05) is 19.0 Å². The lowest BCUT2D eigenvalue weighted by atomic mass is 10.1. The van der Waals surface area contributed by atoms with Crippen LogP contribution in [-0.4, -0.2) is 34.4 Å². The maximum atomic E-state index is 12.1. The Balaban J connectivity index is 1.59. The zero-order chi connectivity index (χ0) is 20.9. The van der Waals surface area contributed by atoms with Crippen molar-refractivity contribution < 1.29 is 9.53 Å². The Labute approximate surface area is 175 Å². The molecule has 0 radical (unpaired) electrons. The van der Waals surface area contributed by atoms with Crippen LogP contribution in [0.3, 0.4) is 0 Å². The quantitative estimate of drug-likeness (QED) is 0.441. The van der Waals surface area contributed by atoms with Crippen LogP contribution in [0.25, 0.3) is 27.7 Å². The largest absolute Gasteiger partial charge is 0.381 e. The van der Waals surface area contributed by atoms with Gasteiger partial charge in [0.1, 0.15) is 0 Å². The summed E-state index contributed by atoms with van der Waals surface area (Å²) in [6.45, 7) is 2.54. The number of rotatable bonds is 7. The van der Waals surface area contributed by atoms with Crippen molar-refractivity contribution in [2.24, 2.45) is 0 Å². The molecule has 0 aliphatic heterocycles. The number of nitrogens with zero attached hydrogens (tertiary/aromatic N) is 2. The van der Waals surface area contributed by atoms with Crippen LogP contribution >= 0.6 is 0 Å². The number of aromatic nitrogens is 3. The summed E-state index contributed by atoms with van der Waals surface area (Å²) in [5.41, 5.74) is 6.06. The number of fused-ring (bicyclic) bond motifs is 1. The normalized spacial score (nSPS) is 11.4. The molecule has 6 heteroatoms. The van der Waals surface area contributed by atoms with Gasteiger partial charge in [0.05, 0.1) is 24.2 Å². The maximum Gasteiger partial charge on any atom is 0.248 e. The number of hydrogen-bond acceptors (Lipinski definition) is 3. The molecular weight excluding hydrogens is 376 g/mol.